The minimum atomic E-state index is 0.0963. The van der Waals surface area contributed by atoms with Crippen molar-refractivity contribution in [1.82, 2.24) is 20.1 Å². The second kappa shape index (κ2) is 6.06. The molecule has 2 aromatic rings. The van der Waals surface area contributed by atoms with Crippen LogP contribution in [0.4, 0.5) is 0 Å². The SMILES string of the molecule is CCNC(c1cnn(CC)c1)c1nc(C(C)(C)C)cs1. The van der Waals surface area contributed by atoms with Gasteiger partial charge in [-0.3, -0.25) is 4.68 Å². The molecule has 1 atom stereocenters. The van der Waals surface area contributed by atoms with Crippen molar-refractivity contribution >= 4 is 11.3 Å². The van der Waals surface area contributed by atoms with E-state index in [1.165, 1.54) is 5.56 Å². The molecule has 20 heavy (non-hydrogen) atoms. The summed E-state index contributed by atoms with van der Waals surface area (Å²) in [5.41, 5.74) is 2.44. The van der Waals surface area contributed by atoms with Crippen LogP contribution in [0.2, 0.25) is 0 Å². The third-order valence-corrected chi connectivity index (χ3v) is 4.17. The van der Waals surface area contributed by atoms with E-state index in [4.69, 9.17) is 4.98 Å². The predicted octanol–water partition coefficient (Wildman–Crippen LogP) is 3.36. The Kier molecular flexibility index (Phi) is 4.60. The number of hydrogen-bond acceptors (Lipinski definition) is 4. The number of thiazole rings is 1. The second-order valence-electron chi connectivity index (χ2n) is 5.94. The maximum atomic E-state index is 4.83. The lowest BCUT2D eigenvalue weighted by atomic mass is 9.93. The van der Waals surface area contributed by atoms with E-state index in [0.717, 1.165) is 23.8 Å². The summed E-state index contributed by atoms with van der Waals surface area (Å²) in [4.78, 5) is 4.83. The van der Waals surface area contributed by atoms with Crippen molar-refractivity contribution in [2.45, 2.75) is 52.6 Å². The first kappa shape index (κ1) is 15.2. The van der Waals surface area contributed by atoms with Gasteiger partial charge in [-0.1, -0.05) is 27.7 Å². The average Bonchev–Trinajstić information content (AvgIpc) is 3.04. The summed E-state index contributed by atoms with van der Waals surface area (Å²) >= 11 is 1.73. The highest BCUT2D eigenvalue weighted by atomic mass is 32.1. The van der Waals surface area contributed by atoms with E-state index in [9.17, 15) is 0 Å². The molecule has 1 N–H and O–H groups in total. The van der Waals surface area contributed by atoms with Gasteiger partial charge >= 0.3 is 0 Å². The fraction of sp³-hybridized carbons (Fsp3) is 0.600. The average molecular weight is 292 g/mol. The zero-order valence-corrected chi connectivity index (χ0v) is 13.8. The van der Waals surface area contributed by atoms with Gasteiger partial charge in [-0.2, -0.15) is 5.10 Å². The van der Waals surface area contributed by atoms with Gasteiger partial charge in [0.2, 0.25) is 0 Å². The number of rotatable bonds is 5. The third-order valence-electron chi connectivity index (χ3n) is 3.26. The summed E-state index contributed by atoms with van der Waals surface area (Å²) in [5.74, 6) is 0. The smallest absolute Gasteiger partial charge is 0.115 e. The molecular weight excluding hydrogens is 268 g/mol. The molecule has 0 aliphatic rings. The number of nitrogens with one attached hydrogen (secondary N) is 1. The van der Waals surface area contributed by atoms with Crippen molar-refractivity contribution in [2.75, 3.05) is 6.54 Å². The fourth-order valence-corrected chi connectivity index (χ4v) is 3.16. The van der Waals surface area contributed by atoms with E-state index in [1.807, 2.05) is 10.9 Å². The molecule has 0 bridgehead atoms. The highest BCUT2D eigenvalue weighted by Crippen LogP contribution is 2.29. The Labute approximate surface area is 125 Å². The molecule has 0 radical (unpaired) electrons. The van der Waals surface area contributed by atoms with Gasteiger partial charge in [-0.15, -0.1) is 11.3 Å². The first-order chi connectivity index (χ1) is 9.45. The lowest BCUT2D eigenvalue weighted by Gasteiger charge is -2.16. The molecule has 2 aromatic heterocycles. The molecule has 5 heteroatoms. The fourth-order valence-electron chi connectivity index (χ4n) is 2.02. The topological polar surface area (TPSA) is 42.7 Å². The van der Waals surface area contributed by atoms with Crippen LogP contribution >= 0.6 is 11.3 Å². The second-order valence-corrected chi connectivity index (χ2v) is 6.83. The molecule has 110 valence electrons. The van der Waals surface area contributed by atoms with Crippen LogP contribution in [0.3, 0.4) is 0 Å². The van der Waals surface area contributed by atoms with Gasteiger partial charge in [-0.05, 0) is 13.5 Å². The maximum absolute atomic E-state index is 4.83. The van der Waals surface area contributed by atoms with Crippen molar-refractivity contribution in [1.29, 1.82) is 0 Å². The largest absolute Gasteiger partial charge is 0.304 e. The molecule has 2 heterocycles. The van der Waals surface area contributed by atoms with Gasteiger partial charge in [0.1, 0.15) is 5.01 Å². The molecule has 0 saturated carbocycles. The molecule has 0 saturated heterocycles. The molecule has 0 aromatic carbocycles. The maximum Gasteiger partial charge on any atom is 0.115 e. The molecule has 1 unspecified atom stereocenters. The van der Waals surface area contributed by atoms with E-state index in [0.29, 0.717) is 0 Å². The van der Waals surface area contributed by atoms with Gasteiger partial charge in [0.25, 0.3) is 0 Å². The Hall–Kier alpha value is -1.20. The minimum Gasteiger partial charge on any atom is -0.304 e. The van der Waals surface area contributed by atoms with E-state index in [1.54, 1.807) is 11.3 Å². The van der Waals surface area contributed by atoms with Crippen LogP contribution in [0.1, 0.15) is 56.9 Å². The molecule has 0 fully saturated rings. The quantitative estimate of drug-likeness (QED) is 0.919. The molecular formula is C15H24N4S. The molecule has 2 rings (SSSR count). The monoisotopic (exact) mass is 292 g/mol. The number of nitrogens with zero attached hydrogens (tertiary/aromatic N) is 3. The number of aromatic nitrogens is 3. The summed E-state index contributed by atoms with van der Waals surface area (Å²) in [6.07, 6.45) is 4.04. The van der Waals surface area contributed by atoms with E-state index >= 15 is 0 Å². The molecule has 0 amide bonds. The Morgan fingerprint density at radius 1 is 1.35 bits per heavy atom. The van der Waals surface area contributed by atoms with Crippen LogP contribution in [0.15, 0.2) is 17.8 Å². The zero-order valence-electron chi connectivity index (χ0n) is 13.0. The van der Waals surface area contributed by atoms with Crippen LogP contribution in [0.5, 0.6) is 0 Å². The van der Waals surface area contributed by atoms with Gasteiger partial charge in [-0.25, -0.2) is 4.98 Å². The first-order valence-corrected chi connectivity index (χ1v) is 8.05. The van der Waals surface area contributed by atoms with Gasteiger partial charge in [0.05, 0.1) is 17.9 Å². The number of aryl methyl sites for hydroxylation is 1. The summed E-state index contributed by atoms with van der Waals surface area (Å²) in [7, 11) is 0. The molecule has 0 aliphatic carbocycles. The number of hydrogen-bond donors (Lipinski definition) is 1. The van der Waals surface area contributed by atoms with E-state index in [2.05, 4.69) is 56.6 Å². The van der Waals surface area contributed by atoms with Crippen molar-refractivity contribution in [3.05, 3.63) is 34.0 Å². The highest BCUT2D eigenvalue weighted by Gasteiger charge is 2.22. The van der Waals surface area contributed by atoms with Crippen LogP contribution in [-0.4, -0.2) is 21.3 Å². The molecule has 0 spiro atoms. The van der Waals surface area contributed by atoms with Gasteiger partial charge in [0.15, 0.2) is 0 Å². The Bertz CT molecular complexity index is 550. The third kappa shape index (κ3) is 3.27. The van der Waals surface area contributed by atoms with Crippen molar-refractivity contribution in [3.8, 4) is 0 Å². The standard InChI is InChI=1S/C15H24N4S/c1-6-16-13(11-8-17-19(7-2)9-11)14-18-12(10-20-14)15(3,4)5/h8-10,13,16H,6-7H2,1-5H3. The first-order valence-electron chi connectivity index (χ1n) is 7.17. The summed E-state index contributed by atoms with van der Waals surface area (Å²) in [5, 5.41) is 11.2. The lowest BCUT2D eigenvalue weighted by Crippen LogP contribution is -2.22. The van der Waals surface area contributed by atoms with Crippen molar-refractivity contribution in [2.24, 2.45) is 0 Å². The highest BCUT2D eigenvalue weighted by molar-refractivity contribution is 7.09. The van der Waals surface area contributed by atoms with Crippen molar-refractivity contribution < 1.29 is 0 Å². The van der Waals surface area contributed by atoms with Crippen LogP contribution in [-0.2, 0) is 12.0 Å². The summed E-state index contributed by atoms with van der Waals surface area (Å²) in [6, 6.07) is 0.140. The van der Waals surface area contributed by atoms with Crippen LogP contribution in [0, 0.1) is 0 Å². The zero-order chi connectivity index (χ0) is 14.8. The summed E-state index contributed by atoms with van der Waals surface area (Å²) < 4.78 is 1.96. The Morgan fingerprint density at radius 3 is 2.60 bits per heavy atom. The van der Waals surface area contributed by atoms with Crippen LogP contribution in [0.25, 0.3) is 0 Å². The lowest BCUT2D eigenvalue weighted by molar-refractivity contribution is 0.562. The van der Waals surface area contributed by atoms with E-state index < -0.39 is 0 Å². The molecule has 0 aliphatic heterocycles. The molecule has 4 nitrogen and oxygen atoms in total. The van der Waals surface area contributed by atoms with Crippen molar-refractivity contribution in [3.63, 3.8) is 0 Å². The Balaban J connectivity index is 2.30. The van der Waals surface area contributed by atoms with E-state index in [-0.39, 0.29) is 11.5 Å². The van der Waals surface area contributed by atoms with Gasteiger partial charge < -0.3 is 5.32 Å². The Morgan fingerprint density at radius 2 is 2.10 bits per heavy atom. The van der Waals surface area contributed by atoms with Gasteiger partial charge in [0, 0.05) is 29.1 Å². The predicted molar refractivity (Wildman–Crippen MR) is 84.2 cm³/mol. The minimum absolute atomic E-state index is 0.0963. The van der Waals surface area contributed by atoms with Crippen LogP contribution < -0.4 is 5.32 Å². The summed E-state index contributed by atoms with van der Waals surface area (Å²) in [6.45, 7) is 12.6. The normalized spacial score (nSPS) is 13.7.